The molecule has 2 aromatic rings. The fourth-order valence-corrected chi connectivity index (χ4v) is 2.18. The summed E-state index contributed by atoms with van der Waals surface area (Å²) in [4.78, 5) is 12.2. The second-order valence-electron chi connectivity index (χ2n) is 4.71. The number of ketones is 1. The zero-order chi connectivity index (χ0) is 16.8. The summed E-state index contributed by atoms with van der Waals surface area (Å²) >= 11 is 0. The minimum Gasteiger partial charge on any atom is -0.493 e. The van der Waals surface area contributed by atoms with Crippen molar-refractivity contribution < 1.29 is 19.0 Å². The molecule has 0 saturated heterocycles. The molecule has 0 aliphatic carbocycles. The molecule has 1 aromatic heterocycles. The third kappa shape index (κ3) is 3.53. The highest BCUT2D eigenvalue weighted by Gasteiger charge is 2.14. The molecule has 0 aliphatic rings. The molecule has 0 bridgehead atoms. The highest BCUT2D eigenvalue weighted by Crippen LogP contribution is 2.40. The first-order valence-corrected chi connectivity index (χ1v) is 7.18. The molecule has 0 spiro atoms. The molecular weight excluding hydrogens is 296 g/mol. The van der Waals surface area contributed by atoms with Gasteiger partial charge in [-0.2, -0.15) is 5.10 Å². The summed E-state index contributed by atoms with van der Waals surface area (Å²) in [6.07, 6.45) is 6.45. The van der Waals surface area contributed by atoms with E-state index in [2.05, 4.69) is 5.10 Å². The van der Waals surface area contributed by atoms with Gasteiger partial charge in [-0.1, -0.05) is 0 Å². The molecular formula is C17H20N2O4. The van der Waals surface area contributed by atoms with Gasteiger partial charge in [0.1, 0.15) is 0 Å². The van der Waals surface area contributed by atoms with E-state index < -0.39 is 0 Å². The van der Waals surface area contributed by atoms with Gasteiger partial charge in [-0.3, -0.25) is 9.48 Å². The average molecular weight is 316 g/mol. The molecule has 0 saturated carbocycles. The average Bonchev–Trinajstić information content (AvgIpc) is 3.07. The van der Waals surface area contributed by atoms with Crippen LogP contribution in [0.1, 0.15) is 22.8 Å². The molecule has 6 heteroatoms. The third-order valence-electron chi connectivity index (χ3n) is 3.39. The zero-order valence-electron chi connectivity index (χ0n) is 13.7. The lowest BCUT2D eigenvalue weighted by molar-refractivity contribution is 0.104. The van der Waals surface area contributed by atoms with E-state index in [9.17, 15) is 4.79 Å². The van der Waals surface area contributed by atoms with Crippen LogP contribution in [0, 0.1) is 0 Å². The van der Waals surface area contributed by atoms with Crippen LogP contribution in [-0.2, 0) is 6.54 Å². The van der Waals surface area contributed by atoms with Crippen LogP contribution in [0.3, 0.4) is 0 Å². The van der Waals surface area contributed by atoms with Gasteiger partial charge >= 0.3 is 0 Å². The number of carbonyl (C=O) groups excluding carboxylic acids is 1. The van der Waals surface area contributed by atoms with E-state index in [1.807, 2.05) is 6.92 Å². The van der Waals surface area contributed by atoms with E-state index in [-0.39, 0.29) is 5.78 Å². The summed E-state index contributed by atoms with van der Waals surface area (Å²) in [6.45, 7) is 2.69. The number of aryl methyl sites for hydroxylation is 1. The van der Waals surface area contributed by atoms with E-state index in [1.165, 1.54) is 13.2 Å². The minimum absolute atomic E-state index is 0.124. The summed E-state index contributed by atoms with van der Waals surface area (Å²) < 4.78 is 17.7. The lowest BCUT2D eigenvalue weighted by Crippen LogP contribution is -1.97. The quantitative estimate of drug-likeness (QED) is 0.580. The van der Waals surface area contributed by atoms with Gasteiger partial charge in [0.2, 0.25) is 5.75 Å². The molecule has 0 unspecified atom stereocenters. The lowest BCUT2D eigenvalue weighted by atomic mass is 10.1. The monoisotopic (exact) mass is 316 g/mol. The van der Waals surface area contributed by atoms with Crippen molar-refractivity contribution in [3.63, 3.8) is 0 Å². The van der Waals surface area contributed by atoms with Crippen molar-refractivity contribution in [1.29, 1.82) is 0 Å². The molecule has 1 aromatic carbocycles. The summed E-state index contributed by atoms with van der Waals surface area (Å²) in [5.41, 5.74) is 1.27. The van der Waals surface area contributed by atoms with Crippen LogP contribution in [0.2, 0.25) is 0 Å². The second-order valence-corrected chi connectivity index (χ2v) is 4.71. The molecule has 122 valence electrons. The van der Waals surface area contributed by atoms with E-state index in [1.54, 1.807) is 49.5 Å². The van der Waals surface area contributed by atoms with E-state index in [0.717, 1.165) is 12.1 Å². The maximum atomic E-state index is 12.2. The van der Waals surface area contributed by atoms with Crippen molar-refractivity contribution in [3.05, 3.63) is 41.7 Å². The Balaban J connectivity index is 2.30. The van der Waals surface area contributed by atoms with Crippen LogP contribution in [0.25, 0.3) is 6.08 Å². The Kier molecular flexibility index (Phi) is 5.41. The first-order valence-electron chi connectivity index (χ1n) is 7.18. The Morgan fingerprint density at radius 2 is 1.91 bits per heavy atom. The largest absolute Gasteiger partial charge is 0.493 e. The topological polar surface area (TPSA) is 62.6 Å². The standard InChI is InChI=1S/C17H20N2O4/c1-5-19-11-13(10-18-19)14(20)8-6-12-7-9-15(21-2)17(23-4)16(12)22-3/h6-11H,5H2,1-4H3. The fourth-order valence-electron chi connectivity index (χ4n) is 2.18. The Labute approximate surface area is 135 Å². The molecule has 0 radical (unpaired) electrons. The van der Waals surface area contributed by atoms with E-state index in [0.29, 0.717) is 22.8 Å². The number of hydrogen-bond acceptors (Lipinski definition) is 5. The predicted octanol–water partition coefficient (Wildman–Crippen LogP) is 2.82. The van der Waals surface area contributed by atoms with Crippen LogP contribution in [0.5, 0.6) is 17.2 Å². The molecule has 2 rings (SSSR count). The molecule has 23 heavy (non-hydrogen) atoms. The number of methoxy groups -OCH3 is 3. The second kappa shape index (κ2) is 7.49. The number of nitrogens with zero attached hydrogens (tertiary/aromatic N) is 2. The summed E-state index contributed by atoms with van der Waals surface area (Å²) in [5, 5.41) is 4.10. The van der Waals surface area contributed by atoms with Crippen LogP contribution in [0.4, 0.5) is 0 Å². The smallest absolute Gasteiger partial charge is 0.203 e. The van der Waals surface area contributed by atoms with E-state index in [4.69, 9.17) is 14.2 Å². The van der Waals surface area contributed by atoms with Gasteiger partial charge < -0.3 is 14.2 Å². The highest BCUT2D eigenvalue weighted by molar-refractivity contribution is 6.06. The molecule has 0 N–H and O–H groups in total. The van der Waals surface area contributed by atoms with Crippen LogP contribution in [0.15, 0.2) is 30.6 Å². The van der Waals surface area contributed by atoms with Crippen molar-refractivity contribution in [2.75, 3.05) is 21.3 Å². The fraction of sp³-hybridized carbons (Fsp3) is 0.294. The van der Waals surface area contributed by atoms with Gasteiger partial charge in [0.15, 0.2) is 17.3 Å². The van der Waals surface area contributed by atoms with Crippen molar-refractivity contribution in [3.8, 4) is 17.2 Å². The number of rotatable bonds is 7. The van der Waals surface area contributed by atoms with Gasteiger partial charge in [-0.25, -0.2) is 0 Å². The van der Waals surface area contributed by atoms with Gasteiger partial charge in [0.25, 0.3) is 0 Å². The van der Waals surface area contributed by atoms with Crippen molar-refractivity contribution >= 4 is 11.9 Å². The number of benzene rings is 1. The first kappa shape index (κ1) is 16.6. The van der Waals surface area contributed by atoms with Gasteiger partial charge in [0.05, 0.1) is 33.1 Å². The van der Waals surface area contributed by atoms with Crippen LogP contribution in [-0.4, -0.2) is 36.9 Å². The normalized spacial score (nSPS) is 10.8. The molecule has 0 aliphatic heterocycles. The van der Waals surface area contributed by atoms with Gasteiger partial charge in [-0.15, -0.1) is 0 Å². The van der Waals surface area contributed by atoms with Crippen molar-refractivity contribution in [2.24, 2.45) is 0 Å². The number of ether oxygens (including phenoxy) is 3. The minimum atomic E-state index is -0.124. The highest BCUT2D eigenvalue weighted by atomic mass is 16.5. The molecule has 0 amide bonds. The lowest BCUT2D eigenvalue weighted by Gasteiger charge is -2.13. The Hall–Kier alpha value is -2.76. The molecule has 0 fully saturated rings. The summed E-state index contributed by atoms with van der Waals surface area (Å²) in [5.74, 6) is 1.45. The van der Waals surface area contributed by atoms with Crippen LogP contribution < -0.4 is 14.2 Å². The molecule has 6 nitrogen and oxygen atoms in total. The summed E-state index contributed by atoms with van der Waals surface area (Å²) in [6, 6.07) is 3.57. The molecule has 1 heterocycles. The number of carbonyl (C=O) groups is 1. The van der Waals surface area contributed by atoms with Gasteiger partial charge in [0, 0.05) is 18.3 Å². The number of hydrogen-bond donors (Lipinski definition) is 0. The maximum Gasteiger partial charge on any atom is 0.203 e. The number of aromatic nitrogens is 2. The first-order chi connectivity index (χ1) is 11.1. The Morgan fingerprint density at radius 1 is 1.17 bits per heavy atom. The van der Waals surface area contributed by atoms with Crippen molar-refractivity contribution in [1.82, 2.24) is 9.78 Å². The Bertz CT molecular complexity index is 719. The third-order valence-corrected chi connectivity index (χ3v) is 3.39. The molecule has 0 atom stereocenters. The SMILES string of the molecule is CCn1cc(C(=O)C=Cc2ccc(OC)c(OC)c2OC)cn1. The van der Waals surface area contributed by atoms with E-state index >= 15 is 0 Å². The maximum absolute atomic E-state index is 12.2. The summed E-state index contributed by atoms with van der Waals surface area (Å²) in [7, 11) is 4.64. The van der Waals surface area contributed by atoms with Crippen molar-refractivity contribution in [2.45, 2.75) is 13.5 Å². The van der Waals surface area contributed by atoms with Gasteiger partial charge in [-0.05, 0) is 31.2 Å². The predicted molar refractivity (Wildman–Crippen MR) is 87.4 cm³/mol. The van der Waals surface area contributed by atoms with Crippen LogP contribution >= 0.6 is 0 Å². The number of allylic oxidation sites excluding steroid dienone is 1. The Morgan fingerprint density at radius 3 is 2.48 bits per heavy atom. The zero-order valence-corrected chi connectivity index (χ0v) is 13.7.